The Morgan fingerprint density at radius 2 is 2.05 bits per heavy atom. The lowest BCUT2D eigenvalue weighted by Crippen LogP contribution is -2.12. The van der Waals surface area contributed by atoms with Crippen molar-refractivity contribution in [3.63, 3.8) is 0 Å². The molecule has 0 radical (unpaired) electrons. The Bertz CT molecular complexity index is 740. The first-order valence-corrected chi connectivity index (χ1v) is 8.72. The van der Waals surface area contributed by atoms with Gasteiger partial charge in [0, 0.05) is 17.1 Å². The Kier molecular flexibility index (Phi) is 4.49. The number of carbonyl (C=O) groups is 1. The quantitative estimate of drug-likeness (QED) is 0.883. The van der Waals surface area contributed by atoms with E-state index in [4.69, 9.17) is 4.74 Å². The third-order valence-corrected chi connectivity index (χ3v) is 3.81. The van der Waals surface area contributed by atoms with Gasteiger partial charge in [0.1, 0.15) is 5.75 Å². The lowest BCUT2D eigenvalue weighted by Gasteiger charge is -2.12. The first-order valence-electron chi connectivity index (χ1n) is 5.88. The third-order valence-electron chi connectivity index (χ3n) is 2.54. The van der Waals surface area contributed by atoms with Crippen LogP contribution < -0.4 is 14.8 Å². The average Bonchev–Trinajstić information content (AvgIpc) is 2.93. The summed E-state index contributed by atoms with van der Waals surface area (Å²) in [6.07, 6.45) is 1.05. The number of thiophene rings is 1. The Labute approximate surface area is 126 Å². The van der Waals surface area contributed by atoms with Crippen LogP contribution in [0.25, 0.3) is 0 Å². The molecular formula is C13H14N2O4S2. The molecule has 2 aromatic rings. The summed E-state index contributed by atoms with van der Waals surface area (Å²) in [5.74, 6) is 0.0886. The Balaban J connectivity index is 2.21. The molecule has 0 aliphatic rings. The molecule has 0 spiro atoms. The van der Waals surface area contributed by atoms with E-state index in [0.29, 0.717) is 22.7 Å². The smallest absolute Gasteiger partial charge is 0.256 e. The summed E-state index contributed by atoms with van der Waals surface area (Å²) < 4.78 is 30.0. The van der Waals surface area contributed by atoms with Gasteiger partial charge in [-0.15, -0.1) is 0 Å². The monoisotopic (exact) mass is 326 g/mol. The molecule has 0 unspecified atom stereocenters. The molecule has 0 aliphatic heterocycles. The first-order chi connectivity index (χ1) is 9.89. The minimum Gasteiger partial charge on any atom is -0.494 e. The molecule has 21 heavy (non-hydrogen) atoms. The zero-order chi connectivity index (χ0) is 15.5. The number of amides is 1. The Morgan fingerprint density at radius 1 is 1.29 bits per heavy atom. The maximum atomic E-state index is 11.9. The molecule has 0 saturated heterocycles. The van der Waals surface area contributed by atoms with E-state index in [-0.39, 0.29) is 5.91 Å². The van der Waals surface area contributed by atoms with Gasteiger partial charge in [-0.2, -0.15) is 11.3 Å². The van der Waals surface area contributed by atoms with Crippen LogP contribution in [0, 0.1) is 0 Å². The van der Waals surface area contributed by atoms with Crippen LogP contribution >= 0.6 is 11.3 Å². The molecule has 2 rings (SSSR count). The van der Waals surface area contributed by atoms with Crippen LogP contribution in [0.2, 0.25) is 0 Å². The molecule has 0 saturated carbocycles. The lowest BCUT2D eigenvalue weighted by atomic mass is 10.2. The molecule has 0 fully saturated rings. The van der Waals surface area contributed by atoms with Crippen LogP contribution in [0.1, 0.15) is 10.4 Å². The van der Waals surface area contributed by atoms with Crippen molar-refractivity contribution < 1.29 is 17.9 Å². The molecule has 6 nitrogen and oxygen atoms in total. The van der Waals surface area contributed by atoms with E-state index < -0.39 is 10.0 Å². The van der Waals surface area contributed by atoms with Crippen molar-refractivity contribution in [1.82, 2.24) is 0 Å². The summed E-state index contributed by atoms with van der Waals surface area (Å²) >= 11 is 1.43. The highest BCUT2D eigenvalue weighted by Gasteiger charge is 2.11. The van der Waals surface area contributed by atoms with Crippen molar-refractivity contribution in [3.8, 4) is 5.75 Å². The summed E-state index contributed by atoms with van der Waals surface area (Å²) in [4.78, 5) is 11.9. The van der Waals surface area contributed by atoms with Crippen molar-refractivity contribution in [2.45, 2.75) is 0 Å². The number of sulfonamides is 1. The van der Waals surface area contributed by atoms with Crippen LogP contribution in [0.5, 0.6) is 5.75 Å². The van der Waals surface area contributed by atoms with Gasteiger partial charge in [0.05, 0.1) is 24.6 Å². The fourth-order valence-electron chi connectivity index (χ4n) is 1.65. The lowest BCUT2D eigenvalue weighted by molar-refractivity contribution is 0.102. The van der Waals surface area contributed by atoms with Gasteiger partial charge >= 0.3 is 0 Å². The SMILES string of the molecule is COc1cc(NC(=O)c2ccsc2)ccc1NS(C)(=O)=O. The Morgan fingerprint density at radius 3 is 2.62 bits per heavy atom. The fraction of sp³-hybridized carbons (Fsp3) is 0.154. The summed E-state index contributed by atoms with van der Waals surface area (Å²) in [5, 5.41) is 6.28. The predicted molar refractivity (Wildman–Crippen MR) is 83.7 cm³/mol. The number of benzene rings is 1. The number of ether oxygens (including phenoxy) is 1. The topological polar surface area (TPSA) is 84.5 Å². The molecular weight excluding hydrogens is 312 g/mol. The molecule has 1 aromatic carbocycles. The van der Waals surface area contributed by atoms with E-state index in [1.54, 1.807) is 23.6 Å². The van der Waals surface area contributed by atoms with Crippen LogP contribution in [0.15, 0.2) is 35.0 Å². The van der Waals surface area contributed by atoms with Crippen molar-refractivity contribution in [1.29, 1.82) is 0 Å². The number of nitrogens with one attached hydrogen (secondary N) is 2. The summed E-state index contributed by atoms with van der Waals surface area (Å²) in [6, 6.07) is 6.40. The van der Waals surface area contributed by atoms with Gasteiger partial charge in [-0.3, -0.25) is 9.52 Å². The molecule has 0 atom stereocenters. The molecule has 1 aromatic heterocycles. The van der Waals surface area contributed by atoms with Crippen molar-refractivity contribution in [3.05, 3.63) is 40.6 Å². The van der Waals surface area contributed by atoms with Crippen LogP contribution in [0.3, 0.4) is 0 Å². The number of anilines is 2. The number of rotatable bonds is 5. The van der Waals surface area contributed by atoms with E-state index in [2.05, 4.69) is 10.0 Å². The van der Waals surface area contributed by atoms with Gasteiger partial charge in [-0.25, -0.2) is 8.42 Å². The molecule has 1 heterocycles. The van der Waals surface area contributed by atoms with Crippen molar-refractivity contribution in [2.75, 3.05) is 23.4 Å². The highest BCUT2D eigenvalue weighted by atomic mass is 32.2. The summed E-state index contributed by atoms with van der Waals surface area (Å²) in [6.45, 7) is 0. The van der Waals surface area contributed by atoms with Crippen molar-refractivity contribution >= 4 is 38.6 Å². The predicted octanol–water partition coefficient (Wildman–Crippen LogP) is 2.38. The largest absolute Gasteiger partial charge is 0.494 e. The minimum atomic E-state index is -3.40. The average molecular weight is 326 g/mol. The number of hydrogen-bond acceptors (Lipinski definition) is 5. The van der Waals surface area contributed by atoms with Crippen LogP contribution in [-0.4, -0.2) is 27.7 Å². The second-order valence-corrected chi connectivity index (χ2v) is 6.78. The minimum absolute atomic E-state index is 0.234. The molecule has 8 heteroatoms. The standard InChI is InChI=1S/C13H14N2O4S2/c1-19-12-7-10(3-4-11(12)15-21(2,17)18)14-13(16)9-5-6-20-8-9/h3-8,15H,1-2H3,(H,14,16). The molecule has 1 amide bonds. The highest BCUT2D eigenvalue weighted by Crippen LogP contribution is 2.28. The Hall–Kier alpha value is -2.06. The van der Waals surface area contributed by atoms with Gasteiger partial charge in [0.15, 0.2) is 0 Å². The summed E-state index contributed by atoms with van der Waals surface area (Å²) in [7, 11) is -1.97. The van der Waals surface area contributed by atoms with E-state index >= 15 is 0 Å². The van der Waals surface area contributed by atoms with Crippen LogP contribution in [0.4, 0.5) is 11.4 Å². The normalized spacial score (nSPS) is 11.0. The third kappa shape index (κ3) is 4.20. The number of hydrogen-bond donors (Lipinski definition) is 2. The van der Waals surface area contributed by atoms with Crippen LogP contribution in [-0.2, 0) is 10.0 Å². The van der Waals surface area contributed by atoms with Gasteiger partial charge in [-0.05, 0) is 23.6 Å². The first kappa shape index (κ1) is 15.3. The molecule has 112 valence electrons. The molecule has 0 bridgehead atoms. The van der Waals surface area contributed by atoms with Crippen molar-refractivity contribution in [2.24, 2.45) is 0 Å². The maximum absolute atomic E-state index is 11.9. The van der Waals surface area contributed by atoms with Gasteiger partial charge in [0.25, 0.3) is 5.91 Å². The zero-order valence-corrected chi connectivity index (χ0v) is 13.0. The zero-order valence-electron chi connectivity index (χ0n) is 11.4. The summed E-state index contributed by atoms with van der Waals surface area (Å²) in [5.41, 5.74) is 1.40. The second kappa shape index (κ2) is 6.15. The molecule has 2 N–H and O–H groups in total. The van der Waals surface area contributed by atoms with Gasteiger partial charge in [-0.1, -0.05) is 0 Å². The second-order valence-electron chi connectivity index (χ2n) is 4.26. The van der Waals surface area contributed by atoms with E-state index in [9.17, 15) is 13.2 Å². The van der Waals surface area contributed by atoms with E-state index in [1.807, 2.05) is 5.38 Å². The van der Waals surface area contributed by atoms with Gasteiger partial charge in [0.2, 0.25) is 10.0 Å². The van der Waals surface area contributed by atoms with Gasteiger partial charge < -0.3 is 10.1 Å². The molecule has 0 aliphatic carbocycles. The van der Waals surface area contributed by atoms with E-state index in [1.165, 1.54) is 24.5 Å². The maximum Gasteiger partial charge on any atom is 0.256 e. The fourth-order valence-corrected chi connectivity index (χ4v) is 2.85. The highest BCUT2D eigenvalue weighted by molar-refractivity contribution is 7.92. The number of methoxy groups -OCH3 is 1. The van der Waals surface area contributed by atoms with E-state index in [0.717, 1.165) is 6.26 Å². The number of carbonyl (C=O) groups excluding carboxylic acids is 1.